The van der Waals surface area contributed by atoms with Gasteiger partial charge >= 0.3 is 6.61 Å². The number of halogens is 2. The van der Waals surface area contributed by atoms with Crippen LogP contribution in [0.25, 0.3) is 0 Å². The molecule has 0 aliphatic carbocycles. The Balaban J connectivity index is 2.12. The Morgan fingerprint density at radius 3 is 2.31 bits per heavy atom. The van der Waals surface area contributed by atoms with E-state index in [0.29, 0.717) is 5.56 Å². The zero-order valence-electron chi connectivity index (χ0n) is 16.3. The molecule has 0 aliphatic rings. The van der Waals surface area contributed by atoms with Gasteiger partial charge in [0.2, 0.25) is 5.91 Å². The van der Waals surface area contributed by atoms with Crippen LogP contribution in [0.15, 0.2) is 48.5 Å². The van der Waals surface area contributed by atoms with Crippen LogP contribution in [-0.4, -0.2) is 45.2 Å². The molecule has 2 aromatic rings. The van der Waals surface area contributed by atoms with E-state index in [2.05, 4.69) is 4.74 Å². The minimum Gasteiger partial charge on any atom is -0.493 e. The van der Waals surface area contributed by atoms with Crippen LogP contribution in [0, 0.1) is 0 Å². The molecule has 0 fully saturated rings. The summed E-state index contributed by atoms with van der Waals surface area (Å²) in [5, 5.41) is -1.26. The summed E-state index contributed by atoms with van der Waals surface area (Å²) in [6.07, 6.45) is 0. The van der Waals surface area contributed by atoms with Crippen molar-refractivity contribution in [3.63, 3.8) is 0 Å². The summed E-state index contributed by atoms with van der Waals surface area (Å²) in [5.41, 5.74) is 1.18. The number of sulfone groups is 1. The van der Waals surface area contributed by atoms with Crippen LogP contribution in [0.1, 0.15) is 18.1 Å². The number of carbonyl (C=O) groups is 1. The first-order valence-electron chi connectivity index (χ1n) is 8.76. The quantitative estimate of drug-likeness (QED) is 0.614. The second kappa shape index (κ2) is 9.69. The molecule has 158 valence electrons. The molecule has 1 atom stereocenters. The van der Waals surface area contributed by atoms with E-state index in [1.54, 1.807) is 7.05 Å². The Kier molecular flexibility index (Phi) is 7.55. The minimum absolute atomic E-state index is 0.0156. The third kappa shape index (κ3) is 6.15. The van der Waals surface area contributed by atoms with Gasteiger partial charge in [-0.3, -0.25) is 4.79 Å². The van der Waals surface area contributed by atoms with Crippen LogP contribution >= 0.6 is 0 Å². The van der Waals surface area contributed by atoms with Crippen molar-refractivity contribution >= 4 is 15.7 Å². The summed E-state index contributed by atoms with van der Waals surface area (Å²) in [6.45, 7) is -1.41. The van der Waals surface area contributed by atoms with E-state index >= 15 is 0 Å². The second-order valence-corrected chi connectivity index (χ2v) is 8.81. The van der Waals surface area contributed by atoms with Gasteiger partial charge in [0.05, 0.1) is 12.9 Å². The largest absolute Gasteiger partial charge is 0.493 e. The molecule has 0 saturated carbocycles. The van der Waals surface area contributed by atoms with Crippen LogP contribution in [0.2, 0.25) is 0 Å². The van der Waals surface area contributed by atoms with Crippen molar-refractivity contribution in [2.45, 2.75) is 31.1 Å². The molecule has 0 heterocycles. The third-order valence-corrected chi connectivity index (χ3v) is 6.35. The van der Waals surface area contributed by atoms with Gasteiger partial charge in [-0.25, -0.2) is 8.42 Å². The number of benzene rings is 2. The number of rotatable bonds is 9. The number of nitrogens with zero attached hydrogens (tertiary/aromatic N) is 1. The fourth-order valence-corrected chi connectivity index (χ4v) is 4.13. The predicted molar refractivity (Wildman–Crippen MR) is 105 cm³/mol. The van der Waals surface area contributed by atoms with E-state index in [9.17, 15) is 22.0 Å². The molecule has 0 N–H and O–H groups in total. The maximum atomic E-state index is 12.7. The number of alkyl halides is 2. The topological polar surface area (TPSA) is 72.9 Å². The van der Waals surface area contributed by atoms with Gasteiger partial charge in [-0.1, -0.05) is 36.4 Å². The fraction of sp³-hybridized carbons (Fsp3) is 0.350. The number of hydrogen-bond donors (Lipinski definition) is 0. The van der Waals surface area contributed by atoms with Crippen molar-refractivity contribution in [1.82, 2.24) is 4.90 Å². The lowest BCUT2D eigenvalue weighted by molar-refractivity contribution is -0.129. The van der Waals surface area contributed by atoms with E-state index in [4.69, 9.17) is 4.74 Å². The Hall–Kier alpha value is -2.68. The lowest BCUT2D eigenvalue weighted by atomic mass is 10.2. The fourth-order valence-electron chi connectivity index (χ4n) is 2.75. The van der Waals surface area contributed by atoms with Gasteiger partial charge in [0.1, 0.15) is 5.25 Å². The number of hydrogen-bond acceptors (Lipinski definition) is 5. The molecule has 0 spiro atoms. The van der Waals surface area contributed by atoms with Crippen molar-refractivity contribution in [3.8, 4) is 11.5 Å². The molecule has 0 saturated heterocycles. The zero-order valence-corrected chi connectivity index (χ0v) is 17.2. The summed E-state index contributed by atoms with van der Waals surface area (Å²) >= 11 is 0. The molecule has 2 rings (SSSR count). The molecule has 0 bridgehead atoms. The lowest BCUT2D eigenvalue weighted by Gasteiger charge is -2.22. The first kappa shape index (κ1) is 22.6. The van der Waals surface area contributed by atoms with Crippen LogP contribution in [0.3, 0.4) is 0 Å². The standard InChI is InChI=1S/C20H23F2NO5S/c1-14(19(24)23(2)12-15-7-5-4-6-8-15)29(25,26)13-16-9-10-17(28-20(21)22)18(11-16)27-3/h4-11,14,20H,12-13H2,1-3H3/t14-/m1/s1. The summed E-state index contributed by atoms with van der Waals surface area (Å²) in [6, 6.07) is 13.1. The van der Waals surface area contributed by atoms with E-state index in [0.717, 1.165) is 5.56 Å². The molecule has 6 nitrogen and oxygen atoms in total. The molecule has 0 aromatic heterocycles. The Labute approximate surface area is 169 Å². The van der Waals surface area contributed by atoms with Gasteiger partial charge in [0.25, 0.3) is 0 Å². The zero-order chi connectivity index (χ0) is 21.6. The lowest BCUT2D eigenvalue weighted by Crippen LogP contribution is -2.39. The van der Waals surface area contributed by atoms with Crippen LogP contribution in [-0.2, 0) is 26.9 Å². The molecular weight excluding hydrogens is 404 g/mol. The van der Waals surface area contributed by atoms with Gasteiger partial charge in [-0.2, -0.15) is 8.78 Å². The van der Waals surface area contributed by atoms with Crippen LogP contribution in [0.4, 0.5) is 8.78 Å². The summed E-state index contributed by atoms with van der Waals surface area (Å²) in [5.74, 6) is -1.18. The Morgan fingerprint density at radius 1 is 1.07 bits per heavy atom. The number of ether oxygens (including phenoxy) is 2. The van der Waals surface area contributed by atoms with E-state index in [1.807, 2.05) is 30.3 Å². The number of amides is 1. The molecular formula is C20H23F2NO5S. The monoisotopic (exact) mass is 427 g/mol. The average Bonchev–Trinajstić information content (AvgIpc) is 2.68. The van der Waals surface area contributed by atoms with Crippen molar-refractivity contribution < 1.29 is 31.5 Å². The first-order valence-corrected chi connectivity index (χ1v) is 10.5. The molecule has 0 aliphatic heterocycles. The maximum Gasteiger partial charge on any atom is 0.387 e. The normalized spacial score (nSPS) is 12.5. The summed E-state index contributed by atoms with van der Waals surface area (Å²) < 4.78 is 59.6. The van der Waals surface area contributed by atoms with Gasteiger partial charge in [-0.05, 0) is 30.2 Å². The highest BCUT2D eigenvalue weighted by Gasteiger charge is 2.30. The number of carbonyl (C=O) groups excluding carboxylic acids is 1. The van der Waals surface area contributed by atoms with Crippen molar-refractivity contribution in [2.24, 2.45) is 0 Å². The molecule has 29 heavy (non-hydrogen) atoms. The first-order chi connectivity index (χ1) is 13.6. The second-order valence-electron chi connectivity index (χ2n) is 6.49. The van der Waals surface area contributed by atoms with Gasteiger partial charge < -0.3 is 14.4 Å². The van der Waals surface area contributed by atoms with Crippen molar-refractivity contribution in [3.05, 3.63) is 59.7 Å². The predicted octanol–water partition coefficient (Wildman–Crippen LogP) is 3.26. The van der Waals surface area contributed by atoms with Crippen molar-refractivity contribution in [2.75, 3.05) is 14.2 Å². The number of methoxy groups -OCH3 is 1. The maximum absolute atomic E-state index is 12.7. The summed E-state index contributed by atoms with van der Waals surface area (Å²) in [7, 11) is -1.04. The molecule has 9 heteroatoms. The van der Waals surface area contributed by atoms with E-state index < -0.39 is 33.4 Å². The molecule has 1 amide bonds. The Morgan fingerprint density at radius 2 is 1.72 bits per heavy atom. The van der Waals surface area contributed by atoms with Gasteiger partial charge in [-0.15, -0.1) is 0 Å². The van der Waals surface area contributed by atoms with Gasteiger partial charge in [0, 0.05) is 13.6 Å². The highest BCUT2D eigenvalue weighted by molar-refractivity contribution is 7.92. The summed E-state index contributed by atoms with van der Waals surface area (Å²) in [4.78, 5) is 14.0. The van der Waals surface area contributed by atoms with Crippen LogP contribution in [0.5, 0.6) is 11.5 Å². The molecule has 2 aromatic carbocycles. The third-order valence-electron chi connectivity index (χ3n) is 4.34. The average molecular weight is 427 g/mol. The Bertz CT molecular complexity index is 935. The van der Waals surface area contributed by atoms with Crippen LogP contribution < -0.4 is 9.47 Å². The smallest absolute Gasteiger partial charge is 0.387 e. The van der Waals surface area contributed by atoms with Crippen molar-refractivity contribution in [1.29, 1.82) is 0 Å². The SMILES string of the molecule is COc1cc(CS(=O)(=O)[C@H](C)C(=O)N(C)Cc2ccccc2)ccc1OC(F)F. The van der Waals surface area contributed by atoms with Gasteiger partial charge in [0.15, 0.2) is 21.3 Å². The minimum atomic E-state index is -3.85. The highest BCUT2D eigenvalue weighted by Crippen LogP contribution is 2.30. The molecule has 0 unspecified atom stereocenters. The van der Waals surface area contributed by atoms with E-state index in [1.165, 1.54) is 37.1 Å². The molecule has 0 radical (unpaired) electrons. The highest BCUT2D eigenvalue weighted by atomic mass is 32.2. The van der Waals surface area contributed by atoms with E-state index in [-0.39, 0.29) is 18.0 Å².